The zero-order valence-electron chi connectivity index (χ0n) is 8.06. The van der Waals surface area contributed by atoms with Crippen molar-refractivity contribution >= 4 is 0 Å². The van der Waals surface area contributed by atoms with E-state index < -0.39 is 0 Å². The highest BCUT2D eigenvalue weighted by atomic mass is 16.5. The Kier molecular flexibility index (Phi) is 2.05. The predicted octanol–water partition coefficient (Wildman–Crippen LogP) is 0.237. The van der Waals surface area contributed by atoms with E-state index in [-0.39, 0.29) is 6.54 Å². The molecule has 0 unspecified atom stereocenters. The summed E-state index contributed by atoms with van der Waals surface area (Å²) in [5.41, 5.74) is 7.09. The minimum atomic E-state index is 0.278. The second-order valence-electron chi connectivity index (χ2n) is 3.01. The Hall–Kier alpha value is -1.69. The molecule has 0 saturated carbocycles. The lowest BCUT2D eigenvalue weighted by Gasteiger charge is -1.92. The normalized spacial score (nSPS) is 10.8. The first-order chi connectivity index (χ1) is 6.70. The van der Waals surface area contributed by atoms with Gasteiger partial charge in [0.15, 0.2) is 5.82 Å². The maximum Gasteiger partial charge on any atom is 0.276 e. The Morgan fingerprint density at radius 3 is 2.86 bits per heavy atom. The number of aromatic nitrogens is 4. The zero-order valence-corrected chi connectivity index (χ0v) is 8.06. The van der Waals surface area contributed by atoms with Crippen LogP contribution in [0.2, 0.25) is 0 Å². The third-order valence-corrected chi connectivity index (χ3v) is 1.87. The monoisotopic (exact) mass is 193 g/mol. The average Bonchev–Trinajstić information content (AvgIpc) is 2.71. The van der Waals surface area contributed by atoms with Crippen LogP contribution < -0.4 is 5.73 Å². The van der Waals surface area contributed by atoms with E-state index in [4.69, 9.17) is 10.3 Å². The maximum atomic E-state index is 5.38. The second-order valence-corrected chi connectivity index (χ2v) is 3.01. The number of rotatable bonds is 2. The van der Waals surface area contributed by atoms with Crippen LogP contribution in [-0.2, 0) is 13.6 Å². The summed E-state index contributed by atoms with van der Waals surface area (Å²) < 4.78 is 6.73. The molecule has 2 heterocycles. The van der Waals surface area contributed by atoms with Crippen LogP contribution in [0.25, 0.3) is 11.6 Å². The fourth-order valence-corrected chi connectivity index (χ4v) is 1.25. The molecule has 0 aliphatic carbocycles. The van der Waals surface area contributed by atoms with E-state index in [1.807, 2.05) is 20.0 Å². The van der Waals surface area contributed by atoms with Crippen molar-refractivity contribution in [3.8, 4) is 11.6 Å². The van der Waals surface area contributed by atoms with Crippen molar-refractivity contribution in [1.82, 2.24) is 19.9 Å². The van der Waals surface area contributed by atoms with Crippen molar-refractivity contribution in [2.45, 2.75) is 13.5 Å². The van der Waals surface area contributed by atoms with Gasteiger partial charge in [0.05, 0.1) is 12.2 Å². The molecule has 14 heavy (non-hydrogen) atoms. The van der Waals surface area contributed by atoms with Gasteiger partial charge < -0.3 is 10.3 Å². The highest BCUT2D eigenvalue weighted by Crippen LogP contribution is 2.16. The topological polar surface area (TPSA) is 82.8 Å². The van der Waals surface area contributed by atoms with Gasteiger partial charge in [-0.2, -0.15) is 10.1 Å². The van der Waals surface area contributed by atoms with Crippen LogP contribution in [0.4, 0.5) is 0 Å². The van der Waals surface area contributed by atoms with Crippen molar-refractivity contribution in [3.05, 3.63) is 17.6 Å². The summed E-state index contributed by atoms with van der Waals surface area (Å²) in [7, 11) is 1.83. The van der Waals surface area contributed by atoms with E-state index in [1.165, 1.54) is 0 Å². The van der Waals surface area contributed by atoms with E-state index in [9.17, 15) is 0 Å². The lowest BCUT2D eigenvalue weighted by atomic mass is 10.4. The first-order valence-corrected chi connectivity index (χ1v) is 4.24. The molecule has 0 aromatic carbocycles. The number of hydrogen-bond acceptors (Lipinski definition) is 5. The molecule has 0 aliphatic heterocycles. The molecule has 2 aromatic rings. The SMILES string of the molecule is Cc1cc(-c2nc(CN)no2)n(C)n1. The fraction of sp³-hybridized carbons (Fsp3) is 0.375. The highest BCUT2D eigenvalue weighted by Gasteiger charge is 2.12. The summed E-state index contributed by atoms with van der Waals surface area (Å²) in [5.74, 6) is 0.951. The number of hydrogen-bond donors (Lipinski definition) is 1. The molecule has 74 valence electrons. The summed E-state index contributed by atoms with van der Waals surface area (Å²) >= 11 is 0. The van der Waals surface area contributed by atoms with Crippen molar-refractivity contribution < 1.29 is 4.52 Å². The lowest BCUT2D eigenvalue weighted by Crippen LogP contribution is -1.98. The van der Waals surface area contributed by atoms with Gasteiger partial charge in [-0.1, -0.05) is 5.16 Å². The Balaban J connectivity index is 2.43. The zero-order chi connectivity index (χ0) is 10.1. The van der Waals surface area contributed by atoms with E-state index in [2.05, 4.69) is 15.2 Å². The van der Waals surface area contributed by atoms with Gasteiger partial charge in [0.25, 0.3) is 5.89 Å². The maximum absolute atomic E-state index is 5.38. The summed E-state index contributed by atoms with van der Waals surface area (Å²) in [6, 6.07) is 1.88. The van der Waals surface area contributed by atoms with Crippen LogP contribution in [0, 0.1) is 6.92 Å². The van der Waals surface area contributed by atoms with Crippen LogP contribution in [-0.4, -0.2) is 19.9 Å². The Morgan fingerprint density at radius 2 is 2.36 bits per heavy atom. The third-order valence-electron chi connectivity index (χ3n) is 1.87. The van der Waals surface area contributed by atoms with Gasteiger partial charge >= 0.3 is 0 Å². The highest BCUT2D eigenvalue weighted by molar-refractivity contribution is 5.47. The van der Waals surface area contributed by atoms with Gasteiger partial charge in [0.2, 0.25) is 0 Å². The van der Waals surface area contributed by atoms with Crippen LogP contribution in [0.15, 0.2) is 10.6 Å². The molecule has 0 amide bonds. The van der Waals surface area contributed by atoms with Crippen molar-refractivity contribution in [3.63, 3.8) is 0 Å². The van der Waals surface area contributed by atoms with E-state index >= 15 is 0 Å². The molecule has 2 aromatic heterocycles. The molecule has 6 heteroatoms. The van der Waals surface area contributed by atoms with Gasteiger partial charge in [-0.05, 0) is 13.0 Å². The molecule has 0 spiro atoms. The van der Waals surface area contributed by atoms with E-state index in [0.29, 0.717) is 11.7 Å². The van der Waals surface area contributed by atoms with Gasteiger partial charge in [-0.15, -0.1) is 0 Å². The number of nitrogens with zero attached hydrogens (tertiary/aromatic N) is 4. The van der Waals surface area contributed by atoms with Crippen LogP contribution >= 0.6 is 0 Å². The number of nitrogens with two attached hydrogens (primary N) is 1. The second kappa shape index (κ2) is 3.22. The Labute approximate surface area is 80.7 Å². The molecular weight excluding hydrogens is 182 g/mol. The summed E-state index contributed by atoms with van der Waals surface area (Å²) in [6.07, 6.45) is 0. The van der Waals surface area contributed by atoms with Crippen LogP contribution in [0.5, 0.6) is 0 Å². The third kappa shape index (κ3) is 1.39. The smallest absolute Gasteiger partial charge is 0.276 e. The number of aryl methyl sites for hydroxylation is 2. The van der Waals surface area contributed by atoms with Gasteiger partial charge in [0.1, 0.15) is 5.69 Å². The van der Waals surface area contributed by atoms with Crippen molar-refractivity contribution in [1.29, 1.82) is 0 Å². The minimum absolute atomic E-state index is 0.278. The minimum Gasteiger partial charge on any atom is -0.332 e. The molecule has 2 N–H and O–H groups in total. The largest absolute Gasteiger partial charge is 0.332 e. The molecular formula is C8H11N5O. The summed E-state index contributed by atoms with van der Waals surface area (Å²) in [5, 5.41) is 7.89. The Bertz CT molecular complexity index is 444. The van der Waals surface area contributed by atoms with Crippen molar-refractivity contribution in [2.75, 3.05) is 0 Å². The van der Waals surface area contributed by atoms with Crippen LogP contribution in [0.1, 0.15) is 11.5 Å². The summed E-state index contributed by atoms with van der Waals surface area (Å²) in [4.78, 5) is 4.11. The first-order valence-electron chi connectivity index (χ1n) is 4.24. The lowest BCUT2D eigenvalue weighted by molar-refractivity contribution is 0.419. The first kappa shape index (κ1) is 8.89. The van der Waals surface area contributed by atoms with E-state index in [1.54, 1.807) is 4.68 Å². The standard InChI is InChI=1S/C8H11N5O/c1-5-3-6(13(2)11-5)8-10-7(4-9)12-14-8/h3H,4,9H2,1-2H3. The van der Waals surface area contributed by atoms with Crippen molar-refractivity contribution in [2.24, 2.45) is 12.8 Å². The molecule has 0 atom stereocenters. The molecule has 6 nitrogen and oxygen atoms in total. The summed E-state index contributed by atoms with van der Waals surface area (Å²) in [6.45, 7) is 2.18. The molecule has 0 radical (unpaired) electrons. The van der Waals surface area contributed by atoms with E-state index in [0.717, 1.165) is 11.4 Å². The molecule has 0 fully saturated rings. The van der Waals surface area contributed by atoms with Gasteiger partial charge in [-0.25, -0.2) is 0 Å². The van der Waals surface area contributed by atoms with Crippen LogP contribution in [0.3, 0.4) is 0 Å². The molecule has 2 rings (SSSR count). The molecule has 0 saturated heterocycles. The molecule has 0 bridgehead atoms. The van der Waals surface area contributed by atoms with Gasteiger partial charge in [0, 0.05) is 7.05 Å². The predicted molar refractivity (Wildman–Crippen MR) is 49.1 cm³/mol. The fourth-order valence-electron chi connectivity index (χ4n) is 1.25. The van der Waals surface area contributed by atoms with Gasteiger partial charge in [-0.3, -0.25) is 4.68 Å². The Morgan fingerprint density at radius 1 is 1.57 bits per heavy atom. The average molecular weight is 193 g/mol. The molecule has 0 aliphatic rings. The quantitative estimate of drug-likeness (QED) is 0.738.